The van der Waals surface area contributed by atoms with Gasteiger partial charge < -0.3 is 10.1 Å². The highest BCUT2D eigenvalue weighted by Gasteiger charge is 2.30. The van der Waals surface area contributed by atoms with Crippen LogP contribution >= 0.6 is 0 Å². The number of hydrogen-bond donors (Lipinski definition) is 1. The summed E-state index contributed by atoms with van der Waals surface area (Å²) in [4.78, 5) is 24.9. The molecule has 1 aliphatic heterocycles. The minimum atomic E-state index is -0.501. The molecule has 1 saturated heterocycles. The number of nitrogens with zero attached hydrogens (tertiary/aromatic N) is 2. The third kappa shape index (κ3) is 3.80. The second-order valence-corrected chi connectivity index (χ2v) is 5.65. The lowest BCUT2D eigenvalue weighted by Gasteiger charge is -2.38. The van der Waals surface area contributed by atoms with Gasteiger partial charge in [0.1, 0.15) is 5.69 Å². The smallest absolute Gasteiger partial charge is 0.292 e. The minimum absolute atomic E-state index is 0.0602. The van der Waals surface area contributed by atoms with Gasteiger partial charge in [-0.2, -0.15) is 0 Å². The van der Waals surface area contributed by atoms with Crippen LogP contribution in [0.1, 0.15) is 20.8 Å². The van der Waals surface area contributed by atoms with Gasteiger partial charge in [0.25, 0.3) is 5.69 Å². The van der Waals surface area contributed by atoms with Gasteiger partial charge in [0, 0.05) is 19.2 Å². The average Bonchev–Trinajstić information content (AvgIpc) is 2.45. The topological polar surface area (TPSA) is 84.7 Å². The van der Waals surface area contributed by atoms with E-state index in [0.717, 1.165) is 0 Å². The number of hydrogen-bond acceptors (Lipinski definition) is 5. The van der Waals surface area contributed by atoms with Gasteiger partial charge >= 0.3 is 0 Å². The molecule has 7 heteroatoms. The van der Waals surface area contributed by atoms with Gasteiger partial charge in [-0.05, 0) is 26.8 Å². The number of amides is 1. The molecule has 0 saturated carbocycles. The third-order valence-electron chi connectivity index (χ3n) is 3.73. The van der Waals surface area contributed by atoms with Crippen molar-refractivity contribution >= 4 is 17.3 Å². The number of carbonyl (C=O) groups is 1. The van der Waals surface area contributed by atoms with E-state index >= 15 is 0 Å². The van der Waals surface area contributed by atoms with Gasteiger partial charge in [-0.3, -0.25) is 19.8 Å². The van der Waals surface area contributed by atoms with Gasteiger partial charge in [-0.25, -0.2) is 0 Å². The molecule has 1 aromatic carbocycles. The molecule has 0 aromatic heterocycles. The number of carbonyl (C=O) groups excluding carboxylic acids is 1. The van der Waals surface area contributed by atoms with E-state index in [4.69, 9.17) is 4.74 Å². The third-order valence-corrected chi connectivity index (χ3v) is 3.73. The first-order chi connectivity index (χ1) is 10.4. The summed E-state index contributed by atoms with van der Waals surface area (Å²) in [6, 6.07) is 5.76. The maximum Gasteiger partial charge on any atom is 0.292 e. The van der Waals surface area contributed by atoms with Gasteiger partial charge in [-0.1, -0.05) is 12.1 Å². The largest absolute Gasteiger partial charge is 0.373 e. The van der Waals surface area contributed by atoms with E-state index in [-0.39, 0.29) is 35.5 Å². The van der Waals surface area contributed by atoms with Crippen molar-refractivity contribution in [3.8, 4) is 0 Å². The van der Waals surface area contributed by atoms with Crippen LogP contribution in [0.15, 0.2) is 24.3 Å². The number of anilines is 1. The molecule has 1 amide bonds. The molecule has 2 rings (SSSR count). The number of benzene rings is 1. The molecule has 1 heterocycles. The normalized spacial score (nSPS) is 23.8. The quantitative estimate of drug-likeness (QED) is 0.679. The number of ether oxygens (including phenoxy) is 1. The standard InChI is InChI=1S/C15H21N3O4/c1-10-8-17(9-11(2)22-10)12(3)15(19)16-13-6-4-5-7-14(13)18(20)21/h4-7,10-12H,8-9H2,1-3H3,(H,16,19)/t10-,11-,12-/m0/s1. The molecule has 0 unspecified atom stereocenters. The van der Waals surface area contributed by atoms with E-state index < -0.39 is 4.92 Å². The zero-order chi connectivity index (χ0) is 16.3. The van der Waals surface area contributed by atoms with Crippen molar-refractivity contribution in [2.75, 3.05) is 18.4 Å². The second-order valence-electron chi connectivity index (χ2n) is 5.65. The Morgan fingerprint density at radius 3 is 2.55 bits per heavy atom. The molecule has 0 bridgehead atoms. The number of nitro benzene ring substituents is 1. The Morgan fingerprint density at radius 1 is 1.36 bits per heavy atom. The first kappa shape index (κ1) is 16.4. The predicted molar refractivity (Wildman–Crippen MR) is 82.8 cm³/mol. The van der Waals surface area contributed by atoms with Gasteiger partial charge in [0.15, 0.2) is 0 Å². The van der Waals surface area contributed by atoms with E-state index in [1.54, 1.807) is 19.1 Å². The van der Waals surface area contributed by atoms with Crippen LogP contribution in [0, 0.1) is 10.1 Å². The monoisotopic (exact) mass is 307 g/mol. The molecule has 22 heavy (non-hydrogen) atoms. The summed E-state index contributed by atoms with van der Waals surface area (Å²) in [7, 11) is 0. The van der Waals surface area contributed by atoms with E-state index in [2.05, 4.69) is 5.32 Å². The average molecular weight is 307 g/mol. The first-order valence-corrected chi connectivity index (χ1v) is 7.32. The molecule has 120 valence electrons. The Bertz CT molecular complexity index is 553. The van der Waals surface area contributed by atoms with Crippen molar-refractivity contribution in [1.29, 1.82) is 0 Å². The van der Waals surface area contributed by atoms with E-state index in [1.165, 1.54) is 12.1 Å². The predicted octanol–water partition coefficient (Wildman–Crippen LogP) is 2.03. The Morgan fingerprint density at radius 2 is 1.95 bits per heavy atom. The molecule has 0 radical (unpaired) electrons. The lowest BCUT2D eigenvalue weighted by molar-refractivity contribution is -0.383. The fourth-order valence-corrected chi connectivity index (χ4v) is 2.68. The fraction of sp³-hybridized carbons (Fsp3) is 0.533. The fourth-order valence-electron chi connectivity index (χ4n) is 2.68. The van der Waals surface area contributed by atoms with Crippen LogP contribution < -0.4 is 5.32 Å². The molecule has 1 fully saturated rings. The molecule has 1 N–H and O–H groups in total. The number of nitro groups is 1. The van der Waals surface area contributed by atoms with E-state index in [9.17, 15) is 14.9 Å². The highest BCUT2D eigenvalue weighted by Crippen LogP contribution is 2.24. The van der Waals surface area contributed by atoms with Crippen molar-refractivity contribution in [3.05, 3.63) is 34.4 Å². The minimum Gasteiger partial charge on any atom is -0.373 e. The first-order valence-electron chi connectivity index (χ1n) is 7.32. The molecule has 1 aliphatic rings. The Kier molecular flexibility index (Phi) is 5.10. The summed E-state index contributed by atoms with van der Waals surface area (Å²) in [6.45, 7) is 7.06. The molecular formula is C15H21N3O4. The van der Waals surface area contributed by atoms with Crippen LogP contribution in [0.2, 0.25) is 0 Å². The highest BCUT2D eigenvalue weighted by molar-refractivity contribution is 5.96. The van der Waals surface area contributed by atoms with E-state index in [0.29, 0.717) is 13.1 Å². The summed E-state index contributed by atoms with van der Waals surface area (Å²) in [5, 5.41) is 13.6. The van der Waals surface area contributed by atoms with Crippen molar-refractivity contribution < 1.29 is 14.5 Å². The Hall–Kier alpha value is -1.99. The van der Waals surface area contributed by atoms with Crippen molar-refractivity contribution in [3.63, 3.8) is 0 Å². The molecule has 7 nitrogen and oxygen atoms in total. The lowest BCUT2D eigenvalue weighted by atomic mass is 10.1. The summed E-state index contributed by atoms with van der Waals surface area (Å²) in [5.74, 6) is -0.254. The molecule has 3 atom stereocenters. The van der Waals surface area contributed by atoms with E-state index in [1.807, 2.05) is 18.7 Å². The van der Waals surface area contributed by atoms with Gasteiger partial charge in [0.2, 0.25) is 5.91 Å². The molecular weight excluding hydrogens is 286 g/mol. The lowest BCUT2D eigenvalue weighted by Crippen LogP contribution is -2.52. The maximum atomic E-state index is 12.4. The second kappa shape index (κ2) is 6.85. The Balaban J connectivity index is 2.07. The van der Waals surface area contributed by atoms with Gasteiger partial charge in [-0.15, -0.1) is 0 Å². The van der Waals surface area contributed by atoms with Crippen LogP contribution in [0.5, 0.6) is 0 Å². The summed E-state index contributed by atoms with van der Waals surface area (Å²) in [6.07, 6.45) is 0.120. The number of para-hydroxylation sites is 2. The summed E-state index contributed by atoms with van der Waals surface area (Å²) >= 11 is 0. The maximum absolute atomic E-state index is 12.4. The van der Waals surface area contributed by atoms with Crippen molar-refractivity contribution in [2.24, 2.45) is 0 Å². The summed E-state index contributed by atoms with van der Waals surface area (Å²) < 4.78 is 5.65. The van der Waals surface area contributed by atoms with Crippen LogP contribution in [0.3, 0.4) is 0 Å². The zero-order valence-corrected chi connectivity index (χ0v) is 13.0. The number of rotatable bonds is 4. The van der Waals surface area contributed by atoms with Crippen LogP contribution in [-0.4, -0.2) is 47.1 Å². The zero-order valence-electron chi connectivity index (χ0n) is 13.0. The van der Waals surface area contributed by atoms with Crippen LogP contribution in [0.25, 0.3) is 0 Å². The van der Waals surface area contributed by atoms with Crippen molar-refractivity contribution in [1.82, 2.24) is 4.90 Å². The highest BCUT2D eigenvalue weighted by atomic mass is 16.6. The van der Waals surface area contributed by atoms with Crippen molar-refractivity contribution in [2.45, 2.75) is 39.0 Å². The van der Waals surface area contributed by atoms with Crippen LogP contribution in [-0.2, 0) is 9.53 Å². The van der Waals surface area contributed by atoms with Crippen LogP contribution in [0.4, 0.5) is 11.4 Å². The number of morpholine rings is 1. The molecule has 0 aliphatic carbocycles. The summed E-state index contributed by atoms with van der Waals surface area (Å²) in [5.41, 5.74) is 0.116. The van der Waals surface area contributed by atoms with Gasteiger partial charge in [0.05, 0.1) is 23.2 Å². The number of nitrogens with one attached hydrogen (secondary N) is 1. The Labute approximate surface area is 129 Å². The molecule has 0 spiro atoms. The SMILES string of the molecule is C[C@H]1CN([C@@H](C)C(=O)Nc2ccccc2[N+](=O)[O-])C[C@H](C)O1. The molecule has 1 aromatic rings.